The SMILES string of the molecule is CC(C)n1cc(-c2ccc(C(F)(F)F)cc2)cn1. The van der Waals surface area contributed by atoms with Gasteiger partial charge in [0, 0.05) is 17.8 Å². The summed E-state index contributed by atoms with van der Waals surface area (Å²) in [4.78, 5) is 0. The molecule has 0 amide bonds. The number of aromatic nitrogens is 2. The Hall–Kier alpha value is -1.78. The molecule has 0 bridgehead atoms. The minimum Gasteiger partial charge on any atom is -0.270 e. The van der Waals surface area contributed by atoms with Crippen molar-refractivity contribution in [2.45, 2.75) is 26.1 Å². The molecule has 0 saturated heterocycles. The van der Waals surface area contributed by atoms with E-state index in [1.807, 2.05) is 20.0 Å². The molecule has 0 radical (unpaired) electrons. The number of benzene rings is 1. The zero-order valence-electron chi connectivity index (χ0n) is 10.1. The van der Waals surface area contributed by atoms with Crippen molar-refractivity contribution >= 4 is 0 Å². The molecule has 0 aliphatic carbocycles. The fraction of sp³-hybridized carbons (Fsp3) is 0.308. The molecule has 2 nitrogen and oxygen atoms in total. The number of nitrogens with zero attached hydrogens (tertiary/aromatic N) is 2. The Bertz CT molecular complexity index is 524. The van der Waals surface area contributed by atoms with E-state index in [9.17, 15) is 13.2 Å². The third kappa shape index (κ3) is 2.55. The molecule has 0 spiro atoms. The van der Waals surface area contributed by atoms with Crippen molar-refractivity contribution in [3.63, 3.8) is 0 Å². The molecule has 1 aromatic carbocycles. The van der Waals surface area contributed by atoms with Gasteiger partial charge >= 0.3 is 6.18 Å². The molecule has 1 heterocycles. The fourth-order valence-electron chi connectivity index (χ4n) is 1.62. The fourth-order valence-corrected chi connectivity index (χ4v) is 1.62. The molecular weight excluding hydrogens is 241 g/mol. The van der Waals surface area contributed by atoms with Gasteiger partial charge in [0.15, 0.2) is 0 Å². The van der Waals surface area contributed by atoms with Crippen LogP contribution in [0.1, 0.15) is 25.5 Å². The van der Waals surface area contributed by atoms with Gasteiger partial charge in [-0.1, -0.05) is 12.1 Å². The van der Waals surface area contributed by atoms with Gasteiger partial charge in [0.1, 0.15) is 0 Å². The average Bonchev–Trinajstić information content (AvgIpc) is 2.77. The molecule has 0 unspecified atom stereocenters. The van der Waals surface area contributed by atoms with Gasteiger partial charge in [-0.3, -0.25) is 4.68 Å². The van der Waals surface area contributed by atoms with Gasteiger partial charge < -0.3 is 0 Å². The molecule has 0 aliphatic heterocycles. The predicted octanol–water partition coefficient (Wildman–Crippen LogP) is 4.15. The first-order valence-corrected chi connectivity index (χ1v) is 5.59. The van der Waals surface area contributed by atoms with E-state index in [4.69, 9.17) is 0 Å². The van der Waals surface area contributed by atoms with Crippen LogP contribution in [0, 0.1) is 0 Å². The van der Waals surface area contributed by atoms with Crippen LogP contribution in [-0.4, -0.2) is 9.78 Å². The second kappa shape index (κ2) is 4.48. The largest absolute Gasteiger partial charge is 0.416 e. The molecule has 1 aromatic heterocycles. The lowest BCUT2D eigenvalue weighted by atomic mass is 10.1. The molecule has 2 rings (SSSR count). The summed E-state index contributed by atoms with van der Waals surface area (Å²) in [6.07, 6.45) is -0.809. The number of halogens is 3. The van der Waals surface area contributed by atoms with Crippen molar-refractivity contribution in [1.29, 1.82) is 0 Å². The second-order valence-electron chi connectivity index (χ2n) is 4.38. The van der Waals surface area contributed by atoms with E-state index in [1.54, 1.807) is 10.9 Å². The summed E-state index contributed by atoms with van der Waals surface area (Å²) in [7, 11) is 0. The van der Waals surface area contributed by atoms with Gasteiger partial charge in [0.25, 0.3) is 0 Å². The van der Waals surface area contributed by atoms with Crippen LogP contribution < -0.4 is 0 Å². The van der Waals surface area contributed by atoms with Crippen LogP contribution in [0.15, 0.2) is 36.7 Å². The lowest BCUT2D eigenvalue weighted by molar-refractivity contribution is -0.137. The van der Waals surface area contributed by atoms with Crippen molar-refractivity contribution in [1.82, 2.24) is 9.78 Å². The maximum absolute atomic E-state index is 12.4. The highest BCUT2D eigenvalue weighted by molar-refractivity contribution is 5.62. The van der Waals surface area contributed by atoms with E-state index in [1.165, 1.54) is 12.1 Å². The van der Waals surface area contributed by atoms with Crippen LogP contribution in [0.3, 0.4) is 0 Å². The van der Waals surface area contributed by atoms with Crippen molar-refractivity contribution in [2.75, 3.05) is 0 Å². The Balaban J connectivity index is 2.29. The van der Waals surface area contributed by atoms with Crippen LogP contribution in [0.2, 0.25) is 0 Å². The summed E-state index contributed by atoms with van der Waals surface area (Å²) in [6, 6.07) is 5.33. The third-order valence-corrected chi connectivity index (χ3v) is 2.68. The van der Waals surface area contributed by atoms with Gasteiger partial charge in [-0.15, -0.1) is 0 Å². The highest BCUT2D eigenvalue weighted by Crippen LogP contribution is 2.30. The highest BCUT2D eigenvalue weighted by atomic mass is 19.4. The van der Waals surface area contributed by atoms with E-state index in [2.05, 4.69) is 5.10 Å². The Kier molecular flexibility index (Phi) is 3.15. The normalized spacial score (nSPS) is 12.1. The molecule has 0 fully saturated rings. The zero-order valence-corrected chi connectivity index (χ0v) is 10.1. The van der Waals surface area contributed by atoms with Gasteiger partial charge in [-0.05, 0) is 31.5 Å². The number of alkyl halides is 3. The summed E-state index contributed by atoms with van der Waals surface area (Å²) < 4.78 is 39.0. The van der Waals surface area contributed by atoms with Crippen molar-refractivity contribution in [3.05, 3.63) is 42.2 Å². The molecule has 96 valence electrons. The quantitative estimate of drug-likeness (QED) is 0.787. The molecule has 0 saturated carbocycles. The van der Waals surface area contributed by atoms with Gasteiger partial charge in [0.2, 0.25) is 0 Å². The summed E-state index contributed by atoms with van der Waals surface area (Å²) >= 11 is 0. The van der Waals surface area contributed by atoms with E-state index in [0.29, 0.717) is 0 Å². The van der Waals surface area contributed by atoms with E-state index in [-0.39, 0.29) is 6.04 Å². The van der Waals surface area contributed by atoms with Crippen molar-refractivity contribution in [2.24, 2.45) is 0 Å². The molecule has 18 heavy (non-hydrogen) atoms. The van der Waals surface area contributed by atoms with Gasteiger partial charge in [-0.2, -0.15) is 18.3 Å². The summed E-state index contributed by atoms with van der Waals surface area (Å²) in [5, 5.41) is 4.16. The van der Waals surface area contributed by atoms with Crippen LogP contribution in [0.25, 0.3) is 11.1 Å². The zero-order chi connectivity index (χ0) is 13.3. The Labute approximate surface area is 103 Å². The average molecular weight is 254 g/mol. The first-order chi connectivity index (χ1) is 8.38. The first-order valence-electron chi connectivity index (χ1n) is 5.59. The number of hydrogen-bond donors (Lipinski definition) is 0. The standard InChI is InChI=1S/C13H13F3N2/c1-9(2)18-8-11(7-17-18)10-3-5-12(6-4-10)13(14,15)16/h3-9H,1-2H3. The topological polar surface area (TPSA) is 17.8 Å². The molecule has 0 atom stereocenters. The van der Waals surface area contributed by atoms with Crippen LogP contribution in [0.5, 0.6) is 0 Å². The number of rotatable bonds is 2. The molecule has 0 N–H and O–H groups in total. The molecule has 5 heteroatoms. The number of hydrogen-bond acceptors (Lipinski definition) is 1. The van der Waals surface area contributed by atoms with Crippen molar-refractivity contribution in [3.8, 4) is 11.1 Å². The smallest absolute Gasteiger partial charge is 0.270 e. The molecular formula is C13H13F3N2. The highest BCUT2D eigenvalue weighted by Gasteiger charge is 2.29. The van der Waals surface area contributed by atoms with Gasteiger partial charge in [-0.25, -0.2) is 0 Å². The monoisotopic (exact) mass is 254 g/mol. The summed E-state index contributed by atoms with van der Waals surface area (Å²) in [5.74, 6) is 0. The van der Waals surface area contributed by atoms with E-state index < -0.39 is 11.7 Å². The maximum atomic E-state index is 12.4. The molecule has 0 aliphatic rings. The lowest BCUT2D eigenvalue weighted by Gasteiger charge is -2.07. The van der Waals surface area contributed by atoms with Crippen molar-refractivity contribution < 1.29 is 13.2 Å². The van der Waals surface area contributed by atoms with Crippen LogP contribution in [0.4, 0.5) is 13.2 Å². The minimum absolute atomic E-state index is 0.230. The second-order valence-corrected chi connectivity index (χ2v) is 4.38. The Morgan fingerprint density at radius 2 is 1.67 bits per heavy atom. The third-order valence-electron chi connectivity index (χ3n) is 2.68. The Morgan fingerprint density at radius 3 is 2.11 bits per heavy atom. The summed E-state index contributed by atoms with van der Waals surface area (Å²) in [6.45, 7) is 3.98. The molecule has 2 aromatic rings. The Morgan fingerprint density at radius 1 is 1.06 bits per heavy atom. The predicted molar refractivity (Wildman–Crippen MR) is 63.1 cm³/mol. The first kappa shape index (κ1) is 12.7. The maximum Gasteiger partial charge on any atom is 0.416 e. The van der Waals surface area contributed by atoms with Gasteiger partial charge in [0.05, 0.1) is 11.8 Å². The van der Waals surface area contributed by atoms with E-state index >= 15 is 0 Å². The van der Waals surface area contributed by atoms with Crippen LogP contribution >= 0.6 is 0 Å². The lowest BCUT2D eigenvalue weighted by Crippen LogP contribution is -2.03. The van der Waals surface area contributed by atoms with E-state index in [0.717, 1.165) is 23.3 Å². The minimum atomic E-state index is -4.29. The van der Waals surface area contributed by atoms with Crippen LogP contribution in [-0.2, 0) is 6.18 Å². The summed E-state index contributed by atoms with van der Waals surface area (Å²) in [5.41, 5.74) is 0.912.